The van der Waals surface area contributed by atoms with Gasteiger partial charge in [-0.2, -0.15) is 0 Å². The minimum Gasteiger partial charge on any atom is -0.481 e. The minimum absolute atomic E-state index is 0.0224. The van der Waals surface area contributed by atoms with Gasteiger partial charge in [-0.3, -0.25) is 9.59 Å². The average Bonchev–Trinajstić information content (AvgIpc) is 2.90. The number of carbonyl (C=O) groups is 2. The van der Waals surface area contributed by atoms with Gasteiger partial charge in [-0.15, -0.1) is 0 Å². The predicted molar refractivity (Wildman–Crippen MR) is 88.5 cm³/mol. The SMILES string of the molecule is CC(C)(Cc1ccc(Br)cc1)NC(=O)[C@@H]1CC[C@H](C(=O)O)C1. The summed E-state index contributed by atoms with van der Waals surface area (Å²) in [6, 6.07) is 8.05. The molecule has 0 unspecified atom stereocenters. The number of carboxylic acid groups (broad SMARTS) is 1. The zero-order chi connectivity index (χ0) is 16.3. The summed E-state index contributed by atoms with van der Waals surface area (Å²) in [5.41, 5.74) is 0.801. The molecule has 1 aliphatic carbocycles. The third-order valence-corrected chi connectivity index (χ3v) is 4.70. The van der Waals surface area contributed by atoms with Crippen molar-refractivity contribution >= 4 is 27.8 Å². The number of carboxylic acids is 1. The first-order chi connectivity index (χ1) is 10.3. The van der Waals surface area contributed by atoms with E-state index in [1.54, 1.807) is 0 Å². The van der Waals surface area contributed by atoms with Gasteiger partial charge in [-0.1, -0.05) is 28.1 Å². The molecule has 2 atom stereocenters. The third-order valence-electron chi connectivity index (χ3n) is 4.17. The smallest absolute Gasteiger partial charge is 0.306 e. The van der Waals surface area contributed by atoms with Gasteiger partial charge in [0.15, 0.2) is 0 Å². The molecule has 0 radical (unpaired) electrons. The zero-order valence-corrected chi connectivity index (χ0v) is 14.5. The first kappa shape index (κ1) is 17.0. The molecule has 1 aromatic rings. The first-order valence-corrected chi connectivity index (χ1v) is 8.35. The van der Waals surface area contributed by atoms with E-state index in [1.807, 2.05) is 38.1 Å². The van der Waals surface area contributed by atoms with Crippen LogP contribution in [0.3, 0.4) is 0 Å². The quantitative estimate of drug-likeness (QED) is 0.837. The molecule has 1 aromatic carbocycles. The summed E-state index contributed by atoms with van der Waals surface area (Å²) in [6.45, 7) is 3.99. The highest BCUT2D eigenvalue weighted by Gasteiger charge is 2.35. The van der Waals surface area contributed by atoms with E-state index < -0.39 is 5.97 Å². The molecular formula is C17H22BrNO3. The molecule has 0 aromatic heterocycles. The van der Waals surface area contributed by atoms with Crippen molar-refractivity contribution in [2.75, 3.05) is 0 Å². The second-order valence-corrected chi connectivity index (χ2v) is 7.64. The van der Waals surface area contributed by atoms with Crippen molar-refractivity contribution in [2.24, 2.45) is 11.8 Å². The van der Waals surface area contributed by atoms with E-state index in [1.165, 1.54) is 0 Å². The van der Waals surface area contributed by atoms with Gasteiger partial charge in [0.1, 0.15) is 0 Å². The highest BCUT2D eigenvalue weighted by atomic mass is 79.9. The number of halogens is 1. The molecule has 1 saturated carbocycles. The Morgan fingerprint density at radius 1 is 1.23 bits per heavy atom. The molecule has 1 aliphatic rings. The van der Waals surface area contributed by atoms with Crippen molar-refractivity contribution in [1.82, 2.24) is 5.32 Å². The van der Waals surface area contributed by atoms with Crippen molar-refractivity contribution in [3.05, 3.63) is 34.3 Å². The Morgan fingerprint density at radius 2 is 1.82 bits per heavy atom. The van der Waals surface area contributed by atoms with E-state index in [0.29, 0.717) is 19.3 Å². The number of benzene rings is 1. The molecule has 0 aliphatic heterocycles. The first-order valence-electron chi connectivity index (χ1n) is 7.56. The molecular weight excluding hydrogens is 346 g/mol. The van der Waals surface area contributed by atoms with Gasteiger partial charge >= 0.3 is 5.97 Å². The van der Waals surface area contributed by atoms with Crippen LogP contribution in [-0.2, 0) is 16.0 Å². The second-order valence-electron chi connectivity index (χ2n) is 6.72. The summed E-state index contributed by atoms with van der Waals surface area (Å²) in [7, 11) is 0. The lowest BCUT2D eigenvalue weighted by molar-refractivity contribution is -0.141. The van der Waals surface area contributed by atoms with Gasteiger partial charge in [0.2, 0.25) is 5.91 Å². The number of hydrogen-bond donors (Lipinski definition) is 2. The molecule has 4 nitrogen and oxygen atoms in total. The number of nitrogens with one attached hydrogen (secondary N) is 1. The normalized spacial score (nSPS) is 21.6. The predicted octanol–water partition coefficient (Wildman–Crippen LogP) is 3.39. The summed E-state index contributed by atoms with van der Waals surface area (Å²) in [4.78, 5) is 23.3. The van der Waals surface area contributed by atoms with Gasteiger partial charge in [-0.25, -0.2) is 0 Å². The van der Waals surface area contributed by atoms with E-state index >= 15 is 0 Å². The van der Waals surface area contributed by atoms with Gasteiger partial charge in [0, 0.05) is 15.9 Å². The number of rotatable bonds is 5. The summed E-state index contributed by atoms with van der Waals surface area (Å²) < 4.78 is 1.03. The summed E-state index contributed by atoms with van der Waals surface area (Å²) in [6.07, 6.45) is 2.45. The van der Waals surface area contributed by atoms with E-state index in [0.717, 1.165) is 16.5 Å². The van der Waals surface area contributed by atoms with Crippen molar-refractivity contribution < 1.29 is 14.7 Å². The molecule has 5 heteroatoms. The fraction of sp³-hybridized carbons (Fsp3) is 0.529. The Balaban J connectivity index is 1.92. The highest BCUT2D eigenvalue weighted by Crippen LogP contribution is 2.31. The van der Waals surface area contributed by atoms with Crippen LogP contribution in [0, 0.1) is 11.8 Å². The number of carbonyl (C=O) groups excluding carboxylic acids is 1. The van der Waals surface area contributed by atoms with Crippen molar-refractivity contribution in [3.8, 4) is 0 Å². The molecule has 120 valence electrons. The molecule has 1 amide bonds. The average molecular weight is 368 g/mol. The molecule has 0 spiro atoms. The Labute approximate surface area is 139 Å². The van der Waals surface area contributed by atoms with Crippen molar-refractivity contribution in [1.29, 1.82) is 0 Å². The van der Waals surface area contributed by atoms with Crippen LogP contribution in [0.4, 0.5) is 0 Å². The summed E-state index contributed by atoms with van der Waals surface area (Å²) >= 11 is 3.41. The molecule has 22 heavy (non-hydrogen) atoms. The topological polar surface area (TPSA) is 66.4 Å². The van der Waals surface area contributed by atoms with E-state index in [2.05, 4.69) is 21.2 Å². The van der Waals surface area contributed by atoms with Crippen LogP contribution in [0.2, 0.25) is 0 Å². The van der Waals surface area contributed by atoms with E-state index in [9.17, 15) is 9.59 Å². The Kier molecular flexibility index (Phi) is 5.27. The van der Waals surface area contributed by atoms with Gasteiger partial charge in [-0.05, 0) is 57.2 Å². The lowest BCUT2D eigenvalue weighted by Gasteiger charge is -2.28. The Bertz CT molecular complexity index is 554. The van der Waals surface area contributed by atoms with Crippen LogP contribution in [0.5, 0.6) is 0 Å². The molecule has 1 fully saturated rings. The molecule has 2 rings (SSSR count). The van der Waals surface area contributed by atoms with E-state index in [-0.39, 0.29) is 23.3 Å². The fourth-order valence-electron chi connectivity index (χ4n) is 3.04. The van der Waals surface area contributed by atoms with E-state index in [4.69, 9.17) is 5.11 Å². The molecule has 0 bridgehead atoms. The maximum Gasteiger partial charge on any atom is 0.306 e. The van der Waals surface area contributed by atoms with Crippen LogP contribution in [-0.4, -0.2) is 22.5 Å². The van der Waals surface area contributed by atoms with Crippen LogP contribution in [0.25, 0.3) is 0 Å². The fourth-order valence-corrected chi connectivity index (χ4v) is 3.30. The standard InChI is InChI=1S/C17H22BrNO3/c1-17(2,10-11-3-7-14(18)8-4-11)19-15(20)12-5-6-13(9-12)16(21)22/h3-4,7-8,12-13H,5-6,9-10H2,1-2H3,(H,19,20)(H,21,22)/t12-,13+/m1/s1. The molecule has 2 N–H and O–H groups in total. The van der Waals surface area contributed by atoms with Crippen molar-refractivity contribution in [3.63, 3.8) is 0 Å². The number of aliphatic carboxylic acids is 1. The maximum atomic E-state index is 12.4. The van der Waals surface area contributed by atoms with Gasteiger partial charge in [0.25, 0.3) is 0 Å². The van der Waals surface area contributed by atoms with Crippen LogP contribution in [0.1, 0.15) is 38.7 Å². The Morgan fingerprint density at radius 3 is 2.36 bits per heavy atom. The molecule has 0 heterocycles. The van der Waals surface area contributed by atoms with Crippen molar-refractivity contribution in [2.45, 2.75) is 45.1 Å². The number of hydrogen-bond acceptors (Lipinski definition) is 2. The van der Waals surface area contributed by atoms with Gasteiger partial charge in [0.05, 0.1) is 5.92 Å². The monoisotopic (exact) mass is 367 g/mol. The van der Waals surface area contributed by atoms with Crippen LogP contribution < -0.4 is 5.32 Å². The number of amides is 1. The maximum absolute atomic E-state index is 12.4. The summed E-state index contributed by atoms with van der Waals surface area (Å²) in [5, 5.41) is 12.1. The third kappa shape index (κ3) is 4.57. The zero-order valence-electron chi connectivity index (χ0n) is 12.9. The lowest BCUT2D eigenvalue weighted by Crippen LogP contribution is -2.47. The second kappa shape index (κ2) is 6.82. The van der Waals surface area contributed by atoms with Crippen LogP contribution in [0.15, 0.2) is 28.7 Å². The van der Waals surface area contributed by atoms with Gasteiger partial charge < -0.3 is 10.4 Å². The highest BCUT2D eigenvalue weighted by molar-refractivity contribution is 9.10. The molecule has 0 saturated heterocycles. The van der Waals surface area contributed by atoms with Crippen LogP contribution >= 0.6 is 15.9 Å². The Hall–Kier alpha value is -1.36. The lowest BCUT2D eigenvalue weighted by atomic mass is 9.93. The largest absolute Gasteiger partial charge is 0.481 e. The summed E-state index contributed by atoms with van der Waals surface area (Å²) in [5.74, 6) is -1.36. The minimum atomic E-state index is -0.788.